The molecule has 0 aromatic heterocycles. The molecule has 1 heteroatoms. The lowest BCUT2D eigenvalue weighted by atomic mass is 9.87. The van der Waals surface area contributed by atoms with E-state index in [2.05, 4.69) is 0 Å². The zero-order valence-electron chi connectivity index (χ0n) is 6.02. The summed E-state index contributed by atoms with van der Waals surface area (Å²) in [6.45, 7) is 1.72. The van der Waals surface area contributed by atoms with Gasteiger partial charge in [-0.25, -0.2) is 0 Å². The van der Waals surface area contributed by atoms with Crippen molar-refractivity contribution in [2.45, 2.75) is 39.0 Å². The van der Waals surface area contributed by atoms with Crippen LogP contribution in [0.4, 0.5) is 0 Å². The predicted molar refractivity (Wildman–Crippen MR) is 39.4 cm³/mol. The lowest BCUT2D eigenvalue weighted by Gasteiger charge is -2.17. The van der Waals surface area contributed by atoms with Crippen molar-refractivity contribution >= 4 is 5.78 Å². The average molecular weight is 128 g/mol. The topological polar surface area (TPSA) is 17.1 Å². The van der Waals surface area contributed by atoms with Gasteiger partial charge in [0.25, 0.3) is 0 Å². The molecular weight excluding hydrogens is 112 g/mol. The number of ketones is 1. The first-order valence-corrected chi connectivity index (χ1v) is 3.81. The Morgan fingerprint density at radius 3 is 2.22 bits per heavy atom. The molecule has 0 spiro atoms. The Balaban J connectivity index is 0.000000810. The fourth-order valence-electron chi connectivity index (χ4n) is 1.51. The molecule has 0 aromatic carbocycles. The van der Waals surface area contributed by atoms with Gasteiger partial charge < -0.3 is 0 Å². The first kappa shape index (κ1) is 6.79. The minimum Gasteiger partial charge on any atom is -0.300 e. The summed E-state index contributed by atoms with van der Waals surface area (Å²) in [5.74, 6) is 0.813. The van der Waals surface area contributed by atoms with E-state index in [1.54, 1.807) is 6.92 Å². The molecule has 1 nitrogen and oxygen atoms in total. The molecule has 1 fully saturated rings. The molecule has 0 N–H and O–H groups in total. The van der Waals surface area contributed by atoms with Crippen LogP contribution in [0.15, 0.2) is 0 Å². The Hall–Kier alpha value is -0.330. The van der Waals surface area contributed by atoms with Crippen LogP contribution in [0.5, 0.6) is 0 Å². The zero-order chi connectivity index (χ0) is 6.69. The molecular formula is C8H16O. The van der Waals surface area contributed by atoms with Crippen molar-refractivity contribution in [3.63, 3.8) is 0 Å². The standard InChI is InChI=1S/C8H14O.H2/c1-7(9)8-5-3-2-4-6-8;/h8H,2-6H2,1H3;1H. The van der Waals surface area contributed by atoms with Crippen molar-refractivity contribution in [3.8, 4) is 0 Å². The van der Waals surface area contributed by atoms with Gasteiger partial charge >= 0.3 is 0 Å². The maximum Gasteiger partial charge on any atom is 0.132 e. The van der Waals surface area contributed by atoms with Crippen LogP contribution in [-0.4, -0.2) is 5.78 Å². The van der Waals surface area contributed by atoms with Gasteiger partial charge in [-0.05, 0) is 19.8 Å². The Kier molecular flexibility index (Phi) is 2.26. The lowest BCUT2D eigenvalue weighted by molar-refractivity contribution is -0.121. The van der Waals surface area contributed by atoms with E-state index in [1.165, 1.54) is 19.3 Å². The third kappa shape index (κ3) is 1.81. The molecule has 0 unspecified atom stereocenters. The molecule has 1 saturated carbocycles. The van der Waals surface area contributed by atoms with E-state index >= 15 is 0 Å². The van der Waals surface area contributed by atoms with Crippen molar-refractivity contribution in [1.82, 2.24) is 0 Å². The van der Waals surface area contributed by atoms with Gasteiger partial charge in [0.15, 0.2) is 0 Å². The van der Waals surface area contributed by atoms with Gasteiger partial charge in [-0.1, -0.05) is 19.3 Å². The molecule has 1 aliphatic rings. The van der Waals surface area contributed by atoms with Crippen molar-refractivity contribution in [2.75, 3.05) is 0 Å². The van der Waals surface area contributed by atoms with E-state index in [1.807, 2.05) is 0 Å². The molecule has 0 aliphatic heterocycles. The molecule has 0 atom stereocenters. The van der Waals surface area contributed by atoms with E-state index in [9.17, 15) is 4.79 Å². The molecule has 1 rings (SSSR count). The first-order valence-electron chi connectivity index (χ1n) is 3.81. The molecule has 54 valence electrons. The van der Waals surface area contributed by atoms with Crippen LogP contribution in [0.1, 0.15) is 40.5 Å². The fraction of sp³-hybridized carbons (Fsp3) is 0.875. The Morgan fingerprint density at radius 2 is 1.89 bits per heavy atom. The smallest absolute Gasteiger partial charge is 0.132 e. The molecule has 0 radical (unpaired) electrons. The Labute approximate surface area is 57.9 Å². The number of rotatable bonds is 1. The van der Waals surface area contributed by atoms with E-state index in [4.69, 9.17) is 0 Å². The second-order valence-electron chi connectivity index (χ2n) is 2.95. The van der Waals surface area contributed by atoms with Gasteiger partial charge in [0.2, 0.25) is 0 Å². The second-order valence-corrected chi connectivity index (χ2v) is 2.95. The molecule has 0 aromatic rings. The number of carbonyl (C=O) groups is 1. The highest BCUT2D eigenvalue weighted by Gasteiger charge is 2.16. The highest BCUT2D eigenvalue weighted by atomic mass is 16.1. The molecule has 1 aliphatic carbocycles. The minimum absolute atomic E-state index is 0. The summed E-state index contributed by atoms with van der Waals surface area (Å²) in [4.78, 5) is 10.8. The Bertz CT molecular complexity index is 106. The number of Topliss-reactive ketones (excluding diaryl/α,β-unsaturated/α-hetero) is 1. The first-order chi connectivity index (χ1) is 4.30. The van der Waals surface area contributed by atoms with Crippen molar-refractivity contribution in [3.05, 3.63) is 0 Å². The summed E-state index contributed by atoms with van der Waals surface area (Å²) in [6, 6.07) is 0. The summed E-state index contributed by atoms with van der Waals surface area (Å²) in [7, 11) is 0. The molecule has 0 bridgehead atoms. The van der Waals surface area contributed by atoms with Crippen LogP contribution in [0.3, 0.4) is 0 Å². The van der Waals surface area contributed by atoms with Crippen LogP contribution in [0.25, 0.3) is 0 Å². The number of hydrogen-bond donors (Lipinski definition) is 0. The van der Waals surface area contributed by atoms with Crippen LogP contribution in [-0.2, 0) is 4.79 Å². The summed E-state index contributed by atoms with van der Waals surface area (Å²) in [6.07, 6.45) is 6.17. The quantitative estimate of drug-likeness (QED) is 0.530. The van der Waals surface area contributed by atoms with Crippen LogP contribution in [0, 0.1) is 5.92 Å². The van der Waals surface area contributed by atoms with Crippen LogP contribution < -0.4 is 0 Å². The van der Waals surface area contributed by atoms with Gasteiger partial charge in [-0.15, -0.1) is 0 Å². The molecule has 0 amide bonds. The van der Waals surface area contributed by atoms with Crippen LogP contribution >= 0.6 is 0 Å². The largest absolute Gasteiger partial charge is 0.300 e. The maximum atomic E-state index is 10.8. The summed E-state index contributed by atoms with van der Waals surface area (Å²) < 4.78 is 0. The van der Waals surface area contributed by atoms with E-state index < -0.39 is 0 Å². The van der Waals surface area contributed by atoms with Gasteiger partial charge in [-0.3, -0.25) is 4.79 Å². The van der Waals surface area contributed by atoms with E-state index in [0.717, 1.165) is 12.8 Å². The monoisotopic (exact) mass is 128 g/mol. The molecule has 0 heterocycles. The third-order valence-electron chi connectivity index (χ3n) is 2.18. The summed E-state index contributed by atoms with van der Waals surface area (Å²) in [5, 5.41) is 0. The van der Waals surface area contributed by atoms with Gasteiger partial charge in [-0.2, -0.15) is 0 Å². The molecule has 0 saturated heterocycles. The van der Waals surface area contributed by atoms with Crippen molar-refractivity contribution in [2.24, 2.45) is 5.92 Å². The van der Waals surface area contributed by atoms with Gasteiger partial charge in [0.1, 0.15) is 5.78 Å². The Morgan fingerprint density at radius 1 is 1.33 bits per heavy atom. The third-order valence-corrected chi connectivity index (χ3v) is 2.18. The van der Waals surface area contributed by atoms with Gasteiger partial charge in [0, 0.05) is 7.34 Å². The number of hydrogen-bond acceptors (Lipinski definition) is 1. The predicted octanol–water partition coefficient (Wildman–Crippen LogP) is 2.40. The highest BCUT2D eigenvalue weighted by Crippen LogP contribution is 2.23. The van der Waals surface area contributed by atoms with Gasteiger partial charge in [0.05, 0.1) is 0 Å². The highest BCUT2D eigenvalue weighted by molar-refractivity contribution is 5.78. The van der Waals surface area contributed by atoms with Crippen molar-refractivity contribution in [1.29, 1.82) is 0 Å². The summed E-state index contributed by atoms with van der Waals surface area (Å²) >= 11 is 0. The van der Waals surface area contributed by atoms with E-state index in [-0.39, 0.29) is 1.43 Å². The lowest BCUT2D eigenvalue weighted by Crippen LogP contribution is -2.13. The maximum absolute atomic E-state index is 10.8. The minimum atomic E-state index is 0. The SMILES string of the molecule is CC(=O)C1CCCCC1.[HH]. The van der Waals surface area contributed by atoms with Crippen LogP contribution in [0.2, 0.25) is 0 Å². The van der Waals surface area contributed by atoms with Crippen molar-refractivity contribution < 1.29 is 6.22 Å². The number of carbonyl (C=O) groups excluding carboxylic acids is 1. The summed E-state index contributed by atoms with van der Waals surface area (Å²) in [5.41, 5.74) is 0. The average Bonchev–Trinajstić information content (AvgIpc) is 1.90. The fourth-order valence-corrected chi connectivity index (χ4v) is 1.51. The molecule has 9 heavy (non-hydrogen) atoms. The van der Waals surface area contributed by atoms with E-state index in [0.29, 0.717) is 11.7 Å². The zero-order valence-corrected chi connectivity index (χ0v) is 6.02. The second kappa shape index (κ2) is 3.00. The normalized spacial score (nSPS) is 21.9.